The second kappa shape index (κ2) is 6.66. The summed E-state index contributed by atoms with van der Waals surface area (Å²) in [5.74, 6) is 0.247. The van der Waals surface area contributed by atoms with Crippen LogP contribution in [-0.2, 0) is 10.0 Å². The number of hydrogen-bond acceptors (Lipinski definition) is 4. The van der Waals surface area contributed by atoms with Crippen LogP contribution >= 0.6 is 0 Å². The van der Waals surface area contributed by atoms with Gasteiger partial charge in [0.15, 0.2) is 0 Å². The maximum atomic E-state index is 12.7. The van der Waals surface area contributed by atoms with Crippen molar-refractivity contribution in [2.45, 2.75) is 57.8 Å². The van der Waals surface area contributed by atoms with E-state index in [-0.39, 0.29) is 21.6 Å². The molecule has 6 nitrogen and oxygen atoms in total. The smallest absolute Gasteiger partial charge is 0.267 e. The van der Waals surface area contributed by atoms with Gasteiger partial charge in [0.25, 0.3) is 5.91 Å². The minimum Gasteiger partial charge on any atom is -0.267 e. The van der Waals surface area contributed by atoms with Crippen molar-refractivity contribution in [2.75, 3.05) is 13.1 Å². The second-order valence-electron chi connectivity index (χ2n) is 9.13. The summed E-state index contributed by atoms with van der Waals surface area (Å²) in [7, 11) is -3.54. The maximum absolute atomic E-state index is 12.7. The van der Waals surface area contributed by atoms with Gasteiger partial charge in [-0.25, -0.2) is 13.8 Å². The van der Waals surface area contributed by atoms with Crippen LogP contribution in [0.25, 0.3) is 0 Å². The molecule has 4 rings (SSSR count). The number of carbonyl (C=O) groups excluding carboxylic acids is 1. The number of hydrogen-bond donors (Lipinski definition) is 1. The number of rotatable bonds is 4. The van der Waals surface area contributed by atoms with Crippen molar-refractivity contribution in [3.8, 4) is 0 Å². The van der Waals surface area contributed by atoms with E-state index in [9.17, 15) is 13.2 Å². The number of amides is 1. The normalized spacial score (nSPS) is 30.8. The molecule has 2 atom stereocenters. The summed E-state index contributed by atoms with van der Waals surface area (Å²) in [5, 5.41) is 4.48. The Morgan fingerprint density at radius 2 is 1.93 bits per heavy atom. The number of hydrazone groups is 1. The van der Waals surface area contributed by atoms with Gasteiger partial charge in [-0.15, -0.1) is 0 Å². The van der Waals surface area contributed by atoms with Crippen LogP contribution in [-0.4, -0.2) is 37.4 Å². The molecule has 2 saturated carbocycles. The highest BCUT2D eigenvalue weighted by molar-refractivity contribution is 7.89. The van der Waals surface area contributed by atoms with Crippen LogP contribution < -0.4 is 5.43 Å². The van der Waals surface area contributed by atoms with Crippen molar-refractivity contribution in [1.29, 1.82) is 0 Å². The zero-order valence-corrected chi connectivity index (χ0v) is 17.7. The summed E-state index contributed by atoms with van der Waals surface area (Å²) in [6.07, 6.45) is 5.00. The monoisotopic (exact) mass is 403 g/mol. The molecule has 7 heteroatoms. The molecule has 1 amide bonds. The Hall–Kier alpha value is -1.73. The van der Waals surface area contributed by atoms with Gasteiger partial charge in [-0.05, 0) is 61.6 Å². The maximum Gasteiger partial charge on any atom is 0.271 e. The summed E-state index contributed by atoms with van der Waals surface area (Å²) < 4.78 is 27.0. The van der Waals surface area contributed by atoms with E-state index in [1.807, 2.05) is 0 Å². The number of sulfonamides is 1. The first-order valence-electron chi connectivity index (χ1n) is 10.1. The van der Waals surface area contributed by atoms with Crippen molar-refractivity contribution in [3.63, 3.8) is 0 Å². The first-order chi connectivity index (χ1) is 13.2. The van der Waals surface area contributed by atoms with Gasteiger partial charge in [-0.3, -0.25) is 4.79 Å². The zero-order chi connectivity index (χ0) is 20.2. The number of nitrogens with one attached hydrogen (secondary N) is 1. The Labute approximate surface area is 167 Å². The van der Waals surface area contributed by atoms with Crippen LogP contribution in [0.2, 0.25) is 0 Å². The summed E-state index contributed by atoms with van der Waals surface area (Å²) in [4.78, 5) is 12.8. The fourth-order valence-electron chi connectivity index (χ4n) is 5.16. The highest BCUT2D eigenvalue weighted by Gasteiger charge is 2.60. The van der Waals surface area contributed by atoms with Gasteiger partial charge < -0.3 is 0 Å². The van der Waals surface area contributed by atoms with Gasteiger partial charge in [0, 0.05) is 29.8 Å². The van der Waals surface area contributed by atoms with Crippen LogP contribution in [0.5, 0.6) is 0 Å². The molecular formula is C21H29N3O3S. The third kappa shape index (κ3) is 2.90. The van der Waals surface area contributed by atoms with E-state index in [1.165, 1.54) is 16.8 Å². The van der Waals surface area contributed by atoms with Crippen LogP contribution in [0.15, 0.2) is 34.3 Å². The third-order valence-electron chi connectivity index (χ3n) is 7.60. The number of carbonyl (C=O) groups is 1. The lowest BCUT2D eigenvalue weighted by atomic mass is 9.70. The fourth-order valence-corrected chi connectivity index (χ4v) is 6.72. The minimum atomic E-state index is -3.54. The van der Waals surface area contributed by atoms with E-state index in [2.05, 4.69) is 31.3 Å². The van der Waals surface area contributed by atoms with Crippen LogP contribution in [0.1, 0.15) is 63.2 Å². The molecule has 3 fully saturated rings. The lowest BCUT2D eigenvalue weighted by molar-refractivity contribution is 0.0953. The first kappa shape index (κ1) is 19.6. The van der Waals surface area contributed by atoms with Crippen LogP contribution in [0.4, 0.5) is 0 Å². The topological polar surface area (TPSA) is 78.8 Å². The van der Waals surface area contributed by atoms with Gasteiger partial charge in [-0.2, -0.15) is 9.41 Å². The molecule has 2 aliphatic carbocycles. The molecule has 0 aromatic heterocycles. The number of fused-ring (bicyclic) bond motifs is 2. The molecule has 152 valence electrons. The lowest BCUT2D eigenvalue weighted by Gasteiger charge is -2.34. The lowest BCUT2D eigenvalue weighted by Crippen LogP contribution is -2.34. The van der Waals surface area contributed by atoms with E-state index >= 15 is 0 Å². The zero-order valence-electron chi connectivity index (χ0n) is 16.9. The van der Waals surface area contributed by atoms with E-state index in [4.69, 9.17) is 0 Å². The highest BCUT2D eigenvalue weighted by atomic mass is 32.2. The van der Waals surface area contributed by atoms with E-state index in [0.29, 0.717) is 24.6 Å². The second-order valence-corrected chi connectivity index (χ2v) is 11.1. The molecule has 1 N–H and O–H groups in total. The molecule has 0 spiro atoms. The number of nitrogens with zero attached hydrogens (tertiary/aromatic N) is 2. The first-order valence-corrected chi connectivity index (χ1v) is 11.6. The highest BCUT2D eigenvalue weighted by Crippen LogP contribution is 2.63. The van der Waals surface area contributed by atoms with E-state index < -0.39 is 10.0 Å². The van der Waals surface area contributed by atoms with Crippen molar-refractivity contribution >= 4 is 21.6 Å². The summed E-state index contributed by atoms with van der Waals surface area (Å²) in [5.41, 5.74) is 4.27. The van der Waals surface area contributed by atoms with Crippen LogP contribution in [0.3, 0.4) is 0 Å². The molecule has 0 radical (unpaired) electrons. The van der Waals surface area contributed by atoms with Crippen molar-refractivity contribution in [3.05, 3.63) is 29.8 Å². The van der Waals surface area contributed by atoms with Gasteiger partial charge in [-0.1, -0.05) is 26.8 Å². The SMILES string of the molecule is CC1(C)[C@H]2CC[C@@]1(C)/C(=N/NC(=O)c1cccc(S(=O)(=O)N3CCCC3)c1)C2. The molecule has 2 bridgehead atoms. The molecule has 0 unspecified atom stereocenters. The Morgan fingerprint density at radius 3 is 2.54 bits per heavy atom. The van der Waals surface area contributed by atoms with Crippen molar-refractivity contribution < 1.29 is 13.2 Å². The van der Waals surface area contributed by atoms with Crippen molar-refractivity contribution in [2.24, 2.45) is 21.8 Å². The molecule has 1 heterocycles. The minimum absolute atomic E-state index is 0.0197. The average molecular weight is 404 g/mol. The predicted molar refractivity (Wildman–Crippen MR) is 109 cm³/mol. The van der Waals surface area contributed by atoms with Crippen molar-refractivity contribution in [1.82, 2.24) is 9.73 Å². The summed E-state index contributed by atoms with van der Waals surface area (Å²) in [6, 6.07) is 6.25. The molecule has 1 aliphatic heterocycles. The molecule has 28 heavy (non-hydrogen) atoms. The van der Waals surface area contributed by atoms with Gasteiger partial charge in [0.2, 0.25) is 10.0 Å². The van der Waals surface area contributed by atoms with Gasteiger partial charge >= 0.3 is 0 Å². The predicted octanol–water partition coefficient (Wildman–Crippen LogP) is 3.40. The summed E-state index contributed by atoms with van der Waals surface area (Å²) >= 11 is 0. The third-order valence-corrected chi connectivity index (χ3v) is 9.50. The molecule has 1 aromatic rings. The molecule has 3 aliphatic rings. The van der Waals surface area contributed by atoms with Gasteiger partial charge in [0.05, 0.1) is 4.90 Å². The Kier molecular flexibility index (Phi) is 4.66. The average Bonchev–Trinajstić information content (AvgIpc) is 3.33. The van der Waals surface area contributed by atoms with Gasteiger partial charge in [0.1, 0.15) is 0 Å². The van der Waals surface area contributed by atoms with E-state index in [0.717, 1.165) is 31.4 Å². The standard InChI is InChI=1S/C21H29N3O3S/c1-20(2)16-9-10-21(20,3)18(14-16)22-23-19(25)15-7-6-8-17(13-15)28(26,27)24-11-4-5-12-24/h6-8,13,16H,4-5,9-12,14H2,1-3H3,(H,23,25)/b22-18+/t16-,21-/m0/s1. The molecule has 1 aromatic carbocycles. The molecular weight excluding hydrogens is 374 g/mol. The summed E-state index contributed by atoms with van der Waals surface area (Å²) in [6.45, 7) is 7.92. The van der Waals surface area contributed by atoms with Crippen LogP contribution in [0, 0.1) is 16.7 Å². The van der Waals surface area contributed by atoms with E-state index in [1.54, 1.807) is 18.2 Å². The fraction of sp³-hybridized carbons (Fsp3) is 0.619. The molecule has 1 saturated heterocycles. The largest absolute Gasteiger partial charge is 0.271 e. The quantitative estimate of drug-likeness (QED) is 0.783. The Bertz CT molecular complexity index is 932. The number of benzene rings is 1. The Balaban J connectivity index is 1.52. The Morgan fingerprint density at radius 1 is 1.21 bits per heavy atom.